The lowest BCUT2D eigenvalue weighted by molar-refractivity contribution is -0.139. The molecule has 0 aliphatic carbocycles. The van der Waals surface area contributed by atoms with Gasteiger partial charge in [-0.2, -0.15) is 0 Å². The molecule has 0 spiro atoms. The molecule has 0 amide bonds. The van der Waals surface area contributed by atoms with Gasteiger partial charge in [-0.1, -0.05) is 13.8 Å². The van der Waals surface area contributed by atoms with Crippen LogP contribution in [0.5, 0.6) is 0 Å². The topological polar surface area (TPSA) is 54.4 Å². The molecule has 3 nitrogen and oxygen atoms in total. The first-order valence-electron chi connectivity index (χ1n) is 3.55. The predicted octanol–water partition coefficient (Wildman–Crippen LogP) is 1.47. The number of carboxylic acids is 1. The molecule has 0 bridgehead atoms. The van der Waals surface area contributed by atoms with Crippen molar-refractivity contribution in [3.05, 3.63) is 0 Å². The first kappa shape index (κ1) is 10.1. The Morgan fingerprint density at radius 2 is 1.73 bits per heavy atom. The Kier molecular flexibility index (Phi) is 3.23. The molecule has 1 N–H and O–H groups in total. The molecule has 0 saturated carbocycles. The summed E-state index contributed by atoms with van der Waals surface area (Å²) in [5.74, 6) is -0.812. The van der Waals surface area contributed by atoms with Gasteiger partial charge in [-0.15, -0.1) is 0 Å². The summed E-state index contributed by atoms with van der Waals surface area (Å²) in [6.45, 7) is 5.04. The van der Waals surface area contributed by atoms with E-state index >= 15 is 0 Å². The molecule has 0 fully saturated rings. The number of carboxylic acid groups (broad SMARTS) is 1. The summed E-state index contributed by atoms with van der Waals surface area (Å²) in [4.78, 5) is 20.9. The Labute approximate surface area is 66.4 Å². The molecule has 0 radical (unpaired) electrons. The molecule has 0 aromatic heterocycles. The SMILES string of the molecule is CC(=O)CC(C)(C)CC(=O)O. The fraction of sp³-hybridized carbons (Fsp3) is 0.750. The Hall–Kier alpha value is -0.860. The van der Waals surface area contributed by atoms with E-state index in [1.807, 2.05) is 0 Å². The molecular formula is C8H14O3. The van der Waals surface area contributed by atoms with Gasteiger partial charge in [0.05, 0.1) is 6.42 Å². The van der Waals surface area contributed by atoms with Crippen molar-refractivity contribution in [2.75, 3.05) is 0 Å². The molecule has 0 heterocycles. The van der Waals surface area contributed by atoms with Gasteiger partial charge in [-0.05, 0) is 12.3 Å². The summed E-state index contributed by atoms with van der Waals surface area (Å²) >= 11 is 0. The van der Waals surface area contributed by atoms with E-state index in [2.05, 4.69) is 0 Å². The van der Waals surface area contributed by atoms with Crippen LogP contribution in [0.3, 0.4) is 0 Å². The molecule has 0 atom stereocenters. The Balaban J connectivity index is 3.99. The summed E-state index contributed by atoms with van der Waals surface area (Å²) < 4.78 is 0. The second-order valence-corrected chi connectivity index (χ2v) is 3.61. The van der Waals surface area contributed by atoms with Crippen LogP contribution >= 0.6 is 0 Å². The molecule has 11 heavy (non-hydrogen) atoms. The van der Waals surface area contributed by atoms with Gasteiger partial charge in [0.1, 0.15) is 5.78 Å². The van der Waals surface area contributed by atoms with Gasteiger partial charge < -0.3 is 9.90 Å². The van der Waals surface area contributed by atoms with Crippen molar-refractivity contribution in [1.29, 1.82) is 0 Å². The fourth-order valence-corrected chi connectivity index (χ4v) is 1.15. The average molecular weight is 158 g/mol. The van der Waals surface area contributed by atoms with E-state index in [0.29, 0.717) is 6.42 Å². The van der Waals surface area contributed by atoms with Crippen LogP contribution in [0.25, 0.3) is 0 Å². The summed E-state index contributed by atoms with van der Waals surface area (Å²) in [7, 11) is 0. The highest BCUT2D eigenvalue weighted by molar-refractivity contribution is 5.77. The lowest BCUT2D eigenvalue weighted by atomic mass is 9.84. The van der Waals surface area contributed by atoms with Crippen LogP contribution in [0, 0.1) is 5.41 Å². The van der Waals surface area contributed by atoms with Crippen molar-refractivity contribution in [1.82, 2.24) is 0 Å². The third-order valence-electron chi connectivity index (χ3n) is 1.36. The molecule has 64 valence electrons. The maximum absolute atomic E-state index is 10.6. The Bertz CT molecular complexity index is 152. The quantitative estimate of drug-likeness (QED) is 0.674. The van der Waals surface area contributed by atoms with Gasteiger partial charge >= 0.3 is 5.97 Å². The number of aliphatic carboxylic acids is 1. The van der Waals surface area contributed by atoms with Gasteiger partial charge in [0.2, 0.25) is 0 Å². The Morgan fingerprint density at radius 3 is 2.00 bits per heavy atom. The molecule has 0 unspecified atom stereocenters. The van der Waals surface area contributed by atoms with E-state index in [4.69, 9.17) is 5.11 Å². The van der Waals surface area contributed by atoms with Crippen molar-refractivity contribution in [2.24, 2.45) is 5.41 Å². The summed E-state index contributed by atoms with van der Waals surface area (Å²) in [5.41, 5.74) is -0.405. The summed E-state index contributed by atoms with van der Waals surface area (Å²) in [6, 6.07) is 0. The number of Topliss-reactive ketones (excluding diaryl/α,β-unsaturated/α-hetero) is 1. The smallest absolute Gasteiger partial charge is 0.303 e. The average Bonchev–Trinajstić information content (AvgIpc) is 1.53. The second kappa shape index (κ2) is 3.51. The summed E-state index contributed by atoms with van der Waals surface area (Å²) in [5, 5.41) is 8.45. The number of rotatable bonds is 4. The lowest BCUT2D eigenvalue weighted by Crippen LogP contribution is -2.19. The number of carbonyl (C=O) groups is 2. The van der Waals surface area contributed by atoms with Gasteiger partial charge in [0, 0.05) is 6.42 Å². The fourth-order valence-electron chi connectivity index (χ4n) is 1.15. The third-order valence-corrected chi connectivity index (χ3v) is 1.36. The van der Waals surface area contributed by atoms with Crippen molar-refractivity contribution in [3.8, 4) is 0 Å². The number of ketones is 1. The maximum atomic E-state index is 10.6. The number of hydrogen-bond donors (Lipinski definition) is 1. The minimum Gasteiger partial charge on any atom is -0.481 e. The minimum absolute atomic E-state index is 0.0382. The predicted molar refractivity (Wildman–Crippen MR) is 41.3 cm³/mol. The van der Waals surface area contributed by atoms with E-state index in [0.717, 1.165) is 0 Å². The largest absolute Gasteiger partial charge is 0.481 e. The van der Waals surface area contributed by atoms with Crippen LogP contribution in [-0.4, -0.2) is 16.9 Å². The number of carbonyl (C=O) groups excluding carboxylic acids is 1. The van der Waals surface area contributed by atoms with E-state index in [1.54, 1.807) is 13.8 Å². The molecule has 0 aliphatic heterocycles. The standard InChI is InChI=1S/C8H14O3/c1-6(9)4-8(2,3)5-7(10)11/h4-5H2,1-3H3,(H,10,11). The molecule has 0 rings (SSSR count). The van der Waals surface area contributed by atoms with E-state index in [9.17, 15) is 9.59 Å². The van der Waals surface area contributed by atoms with Gasteiger partial charge in [0.25, 0.3) is 0 Å². The normalized spacial score (nSPS) is 11.2. The first-order chi connectivity index (χ1) is 4.83. The van der Waals surface area contributed by atoms with Gasteiger partial charge in [-0.25, -0.2) is 0 Å². The Morgan fingerprint density at radius 1 is 1.27 bits per heavy atom. The minimum atomic E-state index is -0.851. The molecule has 0 aromatic rings. The molecule has 3 heteroatoms. The highest BCUT2D eigenvalue weighted by Gasteiger charge is 2.23. The monoisotopic (exact) mass is 158 g/mol. The van der Waals surface area contributed by atoms with Crippen molar-refractivity contribution in [2.45, 2.75) is 33.6 Å². The van der Waals surface area contributed by atoms with Crippen LogP contribution in [0.2, 0.25) is 0 Å². The van der Waals surface area contributed by atoms with Crippen LogP contribution in [0.15, 0.2) is 0 Å². The second-order valence-electron chi connectivity index (χ2n) is 3.61. The molecule has 0 aromatic carbocycles. The van der Waals surface area contributed by atoms with Crippen LogP contribution in [0.4, 0.5) is 0 Å². The summed E-state index contributed by atoms with van der Waals surface area (Å²) in [6.07, 6.45) is 0.381. The molecule has 0 aliphatic rings. The highest BCUT2D eigenvalue weighted by atomic mass is 16.4. The zero-order valence-electron chi connectivity index (χ0n) is 7.18. The first-order valence-corrected chi connectivity index (χ1v) is 3.55. The van der Waals surface area contributed by atoms with E-state index < -0.39 is 11.4 Å². The van der Waals surface area contributed by atoms with Gasteiger partial charge in [0.15, 0.2) is 0 Å². The van der Waals surface area contributed by atoms with Gasteiger partial charge in [-0.3, -0.25) is 4.79 Å². The number of hydrogen-bond acceptors (Lipinski definition) is 2. The van der Waals surface area contributed by atoms with Crippen LogP contribution in [0.1, 0.15) is 33.6 Å². The highest BCUT2D eigenvalue weighted by Crippen LogP contribution is 2.24. The van der Waals surface area contributed by atoms with E-state index in [-0.39, 0.29) is 12.2 Å². The van der Waals surface area contributed by atoms with E-state index in [1.165, 1.54) is 6.92 Å². The molecule has 0 saturated heterocycles. The third kappa shape index (κ3) is 5.58. The lowest BCUT2D eigenvalue weighted by Gasteiger charge is -2.19. The van der Waals surface area contributed by atoms with Crippen molar-refractivity contribution >= 4 is 11.8 Å². The zero-order valence-corrected chi connectivity index (χ0v) is 7.18. The van der Waals surface area contributed by atoms with Crippen molar-refractivity contribution in [3.63, 3.8) is 0 Å². The molecular weight excluding hydrogens is 144 g/mol. The van der Waals surface area contributed by atoms with Crippen molar-refractivity contribution < 1.29 is 14.7 Å². The van der Waals surface area contributed by atoms with Crippen LogP contribution in [-0.2, 0) is 9.59 Å². The van der Waals surface area contributed by atoms with Crippen LogP contribution < -0.4 is 0 Å². The zero-order chi connectivity index (χ0) is 9.07. The maximum Gasteiger partial charge on any atom is 0.303 e.